The van der Waals surface area contributed by atoms with Crippen LogP contribution in [0.3, 0.4) is 0 Å². The van der Waals surface area contributed by atoms with Gasteiger partial charge >= 0.3 is 12.0 Å². The number of urea groups is 1. The third kappa shape index (κ3) is 4.55. The minimum Gasteiger partial charge on any atom is -0.493 e. The highest BCUT2D eigenvalue weighted by atomic mass is 16.7. The largest absolute Gasteiger partial charge is 0.493 e. The average molecular weight is 506 g/mol. The minimum atomic E-state index is -1.19. The standard InChI is InChI=1S/C25H18N2O10/c1-33-20-9-13(2-5-17(20)34-11-15-4-7-19(37-15)24(30)31)8-16-22(28)26-25(32)27(23(16)29)14-3-6-18-21(10-14)36-12-35-18/h2-10H,11-12H2,1H3,(H,30,31)(H,26,28,32)/b16-8+. The molecule has 0 saturated carbocycles. The summed E-state index contributed by atoms with van der Waals surface area (Å²) in [6, 6.07) is 11.1. The van der Waals surface area contributed by atoms with Crippen molar-refractivity contribution >= 4 is 35.6 Å². The number of fused-ring (bicyclic) bond motifs is 1. The number of carboxylic acid groups (broad SMARTS) is 1. The summed E-state index contributed by atoms with van der Waals surface area (Å²) in [6.07, 6.45) is 1.32. The number of carbonyl (C=O) groups excluding carboxylic acids is 3. The highest BCUT2D eigenvalue weighted by Gasteiger charge is 2.37. The summed E-state index contributed by atoms with van der Waals surface area (Å²) >= 11 is 0. The third-order valence-electron chi connectivity index (χ3n) is 5.46. The zero-order chi connectivity index (χ0) is 26.1. The summed E-state index contributed by atoms with van der Waals surface area (Å²) in [5, 5.41) is 11.1. The number of hydrogen-bond acceptors (Lipinski definition) is 9. The first kappa shape index (κ1) is 23.5. The summed E-state index contributed by atoms with van der Waals surface area (Å²) in [5.41, 5.74) is 0.356. The zero-order valence-electron chi connectivity index (χ0n) is 19.2. The van der Waals surface area contributed by atoms with Crippen LogP contribution in [0.5, 0.6) is 23.0 Å². The molecular weight excluding hydrogens is 488 g/mol. The number of benzene rings is 2. The number of hydrogen-bond donors (Lipinski definition) is 2. The van der Waals surface area contributed by atoms with Crippen molar-refractivity contribution in [3.8, 4) is 23.0 Å². The smallest absolute Gasteiger partial charge is 0.371 e. The number of anilines is 1. The Kier molecular flexibility index (Phi) is 5.97. The maximum absolute atomic E-state index is 13.2. The van der Waals surface area contributed by atoms with Crippen LogP contribution >= 0.6 is 0 Å². The number of carbonyl (C=O) groups is 4. The van der Waals surface area contributed by atoms with E-state index in [1.165, 1.54) is 43.5 Å². The Morgan fingerprint density at radius 2 is 1.86 bits per heavy atom. The molecule has 2 aromatic carbocycles. The normalized spacial score (nSPS) is 15.6. The first-order valence-electron chi connectivity index (χ1n) is 10.8. The van der Waals surface area contributed by atoms with Gasteiger partial charge < -0.3 is 28.5 Å². The van der Waals surface area contributed by atoms with Gasteiger partial charge in [-0.2, -0.15) is 0 Å². The number of ether oxygens (including phenoxy) is 4. The van der Waals surface area contributed by atoms with Crippen LogP contribution in [0.1, 0.15) is 21.9 Å². The first-order valence-corrected chi connectivity index (χ1v) is 10.8. The van der Waals surface area contributed by atoms with Crippen LogP contribution in [0.2, 0.25) is 0 Å². The van der Waals surface area contributed by atoms with E-state index in [9.17, 15) is 19.2 Å². The second-order valence-electron chi connectivity index (χ2n) is 7.77. The minimum absolute atomic E-state index is 0.0228. The number of barbiturate groups is 1. The number of carboxylic acids is 1. The molecule has 1 fully saturated rings. The molecule has 0 spiro atoms. The summed E-state index contributed by atoms with van der Waals surface area (Å²) < 4.78 is 26.7. The van der Waals surface area contributed by atoms with E-state index >= 15 is 0 Å². The highest BCUT2D eigenvalue weighted by molar-refractivity contribution is 6.39. The molecule has 2 aliphatic heterocycles. The maximum atomic E-state index is 13.2. The Balaban J connectivity index is 1.38. The molecule has 188 valence electrons. The molecule has 3 aromatic rings. The van der Waals surface area contributed by atoms with Gasteiger partial charge in [0, 0.05) is 6.07 Å². The topological polar surface area (TPSA) is 154 Å². The van der Waals surface area contributed by atoms with Crippen molar-refractivity contribution in [2.75, 3.05) is 18.8 Å². The molecule has 1 aromatic heterocycles. The monoisotopic (exact) mass is 506 g/mol. The third-order valence-corrected chi connectivity index (χ3v) is 5.46. The molecular formula is C25H18N2O10. The van der Waals surface area contributed by atoms with Gasteiger partial charge in [0.2, 0.25) is 12.6 Å². The van der Waals surface area contributed by atoms with E-state index in [0.717, 1.165) is 4.90 Å². The molecule has 0 radical (unpaired) electrons. The number of aromatic carboxylic acids is 1. The van der Waals surface area contributed by atoms with E-state index in [4.69, 9.17) is 28.5 Å². The van der Waals surface area contributed by atoms with E-state index in [0.29, 0.717) is 28.6 Å². The van der Waals surface area contributed by atoms with Gasteiger partial charge in [0.15, 0.2) is 23.0 Å². The van der Waals surface area contributed by atoms with Crippen LogP contribution in [0.25, 0.3) is 6.08 Å². The van der Waals surface area contributed by atoms with Gasteiger partial charge in [-0.05, 0) is 48.0 Å². The Hall–Kier alpha value is -5.26. The van der Waals surface area contributed by atoms with E-state index < -0.39 is 23.8 Å². The fourth-order valence-corrected chi connectivity index (χ4v) is 3.70. The van der Waals surface area contributed by atoms with Crippen LogP contribution in [0, 0.1) is 0 Å². The lowest BCUT2D eigenvalue weighted by Gasteiger charge is -2.26. The van der Waals surface area contributed by atoms with Gasteiger partial charge in [-0.3, -0.25) is 14.9 Å². The van der Waals surface area contributed by atoms with Crippen molar-refractivity contribution in [1.82, 2.24) is 5.32 Å². The van der Waals surface area contributed by atoms with Gasteiger partial charge in [0.1, 0.15) is 17.9 Å². The lowest BCUT2D eigenvalue weighted by molar-refractivity contribution is -0.122. The molecule has 0 unspecified atom stereocenters. The van der Waals surface area contributed by atoms with E-state index in [2.05, 4.69) is 5.32 Å². The number of nitrogens with zero attached hydrogens (tertiary/aromatic N) is 1. The molecule has 37 heavy (non-hydrogen) atoms. The molecule has 1 saturated heterocycles. The van der Waals surface area contributed by atoms with E-state index in [-0.39, 0.29) is 36.2 Å². The lowest BCUT2D eigenvalue weighted by Crippen LogP contribution is -2.54. The van der Waals surface area contributed by atoms with Gasteiger partial charge in [0.05, 0.1) is 12.8 Å². The number of rotatable bonds is 7. The fraction of sp³-hybridized carbons (Fsp3) is 0.120. The number of methoxy groups -OCH3 is 1. The van der Waals surface area contributed by atoms with Crippen LogP contribution in [0.4, 0.5) is 10.5 Å². The zero-order valence-corrected chi connectivity index (χ0v) is 19.2. The maximum Gasteiger partial charge on any atom is 0.371 e. The molecule has 0 bridgehead atoms. The van der Waals surface area contributed by atoms with Crippen LogP contribution < -0.4 is 29.2 Å². The quantitative estimate of drug-likeness (QED) is 0.361. The summed E-state index contributed by atoms with van der Waals surface area (Å²) in [5.74, 6) is -1.33. The van der Waals surface area contributed by atoms with Gasteiger partial charge in [-0.1, -0.05) is 6.07 Å². The second kappa shape index (κ2) is 9.41. The van der Waals surface area contributed by atoms with Crippen molar-refractivity contribution in [3.63, 3.8) is 0 Å². The van der Waals surface area contributed by atoms with Gasteiger partial charge in [-0.25, -0.2) is 14.5 Å². The molecule has 2 aliphatic rings. The Bertz CT molecular complexity index is 1470. The second-order valence-corrected chi connectivity index (χ2v) is 7.77. The van der Waals surface area contributed by atoms with E-state index in [1.807, 2.05) is 0 Å². The van der Waals surface area contributed by atoms with Crippen molar-refractivity contribution in [2.45, 2.75) is 6.61 Å². The molecule has 2 N–H and O–H groups in total. The number of amides is 4. The van der Waals surface area contributed by atoms with Crippen LogP contribution in [-0.4, -0.2) is 42.8 Å². The Labute approximate surface area is 208 Å². The van der Waals surface area contributed by atoms with Gasteiger partial charge in [0.25, 0.3) is 11.8 Å². The summed E-state index contributed by atoms with van der Waals surface area (Å²) in [4.78, 5) is 50.0. The predicted molar refractivity (Wildman–Crippen MR) is 125 cm³/mol. The Morgan fingerprint density at radius 3 is 2.62 bits per heavy atom. The molecule has 3 heterocycles. The Morgan fingerprint density at radius 1 is 1.05 bits per heavy atom. The number of furan rings is 1. The van der Waals surface area contributed by atoms with Crippen molar-refractivity contribution in [2.24, 2.45) is 0 Å². The van der Waals surface area contributed by atoms with Crippen molar-refractivity contribution in [1.29, 1.82) is 0 Å². The molecule has 5 rings (SSSR count). The molecule has 12 heteroatoms. The molecule has 12 nitrogen and oxygen atoms in total. The van der Waals surface area contributed by atoms with Gasteiger partial charge in [-0.15, -0.1) is 0 Å². The first-order chi connectivity index (χ1) is 17.8. The fourth-order valence-electron chi connectivity index (χ4n) is 3.70. The van der Waals surface area contributed by atoms with E-state index in [1.54, 1.807) is 18.2 Å². The highest BCUT2D eigenvalue weighted by Crippen LogP contribution is 2.36. The van der Waals surface area contributed by atoms with Crippen molar-refractivity contribution in [3.05, 3.63) is 71.2 Å². The van der Waals surface area contributed by atoms with Crippen LogP contribution in [0.15, 0.2) is 58.5 Å². The van der Waals surface area contributed by atoms with Crippen LogP contribution in [-0.2, 0) is 16.2 Å². The molecule has 0 atom stereocenters. The summed E-state index contributed by atoms with van der Waals surface area (Å²) in [6.45, 7) is -0.0352. The van der Waals surface area contributed by atoms with Crippen molar-refractivity contribution < 1.29 is 47.6 Å². The predicted octanol–water partition coefficient (Wildman–Crippen LogP) is 2.96. The summed E-state index contributed by atoms with van der Waals surface area (Å²) in [7, 11) is 1.41. The SMILES string of the molecule is COc1cc(/C=C2\C(=O)NC(=O)N(c3ccc4c(c3)OCO4)C2=O)ccc1OCc1ccc(C(=O)O)o1. The number of imide groups is 2. The average Bonchev–Trinajstić information content (AvgIpc) is 3.55. The number of nitrogens with one attached hydrogen (secondary N) is 1. The molecule has 4 amide bonds. The molecule has 0 aliphatic carbocycles. The lowest BCUT2D eigenvalue weighted by atomic mass is 10.1.